The molecule has 1 saturated carbocycles. The number of hydrogen-bond donors (Lipinski definition) is 0. The largest absolute Gasteiger partial charge is 0.573 e. The number of piperidine rings is 1. The summed E-state index contributed by atoms with van der Waals surface area (Å²) in [5.41, 5.74) is 0.0724. The molecule has 0 spiro atoms. The number of nitrogens with zero attached hydrogens (tertiary/aromatic N) is 2. The van der Waals surface area contributed by atoms with E-state index in [0.29, 0.717) is 11.3 Å². The Bertz CT molecular complexity index is 1050. The lowest BCUT2D eigenvalue weighted by atomic mass is 10.0. The zero-order valence-corrected chi connectivity index (χ0v) is 19.7. The Morgan fingerprint density at radius 1 is 1.17 bits per heavy atom. The summed E-state index contributed by atoms with van der Waals surface area (Å²) in [5, 5.41) is 4.02. The van der Waals surface area contributed by atoms with Gasteiger partial charge in [-0.3, -0.25) is 0 Å². The number of hydrogen-bond acceptors (Lipinski definition) is 6. The molecular formula is C24H28F4N2O5. The van der Waals surface area contributed by atoms with Crippen LogP contribution in [-0.2, 0) is 16.1 Å². The Kier molecular flexibility index (Phi) is 6.99. The lowest BCUT2D eigenvalue weighted by Gasteiger charge is -2.35. The van der Waals surface area contributed by atoms with Crippen LogP contribution in [0, 0.1) is 0 Å². The van der Waals surface area contributed by atoms with Crippen LogP contribution >= 0.6 is 0 Å². The third-order valence-corrected chi connectivity index (χ3v) is 5.71. The Labute approximate surface area is 200 Å². The van der Waals surface area contributed by atoms with E-state index < -0.39 is 36.1 Å². The average Bonchev–Trinajstić information content (AvgIpc) is 3.50. The van der Waals surface area contributed by atoms with Crippen LogP contribution in [0.2, 0.25) is 0 Å². The maximum Gasteiger partial charge on any atom is 0.573 e. The molecule has 7 nitrogen and oxygen atoms in total. The van der Waals surface area contributed by atoms with Crippen molar-refractivity contribution in [3.8, 4) is 17.0 Å². The van der Waals surface area contributed by atoms with Crippen LogP contribution in [0.3, 0.4) is 0 Å². The molecule has 1 aromatic carbocycles. The molecule has 1 amide bonds. The van der Waals surface area contributed by atoms with Gasteiger partial charge in [0.1, 0.15) is 29.0 Å². The van der Waals surface area contributed by atoms with Gasteiger partial charge in [0, 0.05) is 23.6 Å². The highest BCUT2D eigenvalue weighted by molar-refractivity contribution is 5.70. The van der Waals surface area contributed by atoms with Crippen molar-refractivity contribution in [1.82, 2.24) is 10.1 Å². The van der Waals surface area contributed by atoms with Gasteiger partial charge in [-0.2, -0.15) is 0 Å². The molecule has 2 aromatic rings. The monoisotopic (exact) mass is 500 g/mol. The van der Waals surface area contributed by atoms with E-state index in [1.807, 2.05) is 0 Å². The molecule has 0 unspecified atom stereocenters. The Morgan fingerprint density at radius 2 is 1.89 bits per heavy atom. The van der Waals surface area contributed by atoms with Gasteiger partial charge in [-0.25, -0.2) is 9.18 Å². The zero-order chi connectivity index (χ0) is 25.4. The summed E-state index contributed by atoms with van der Waals surface area (Å²) >= 11 is 0. The second-order valence-electron chi connectivity index (χ2n) is 9.77. The van der Waals surface area contributed by atoms with Gasteiger partial charge < -0.3 is 23.6 Å². The number of likely N-dealkylation sites (tertiary alicyclic amines) is 1. The van der Waals surface area contributed by atoms with Crippen LogP contribution in [0.1, 0.15) is 57.3 Å². The quantitative estimate of drug-likeness (QED) is 0.454. The molecule has 35 heavy (non-hydrogen) atoms. The Balaban J connectivity index is 1.49. The smallest absolute Gasteiger partial charge is 0.444 e. The van der Waals surface area contributed by atoms with Crippen LogP contribution in [0.4, 0.5) is 22.4 Å². The van der Waals surface area contributed by atoms with E-state index >= 15 is 0 Å². The Morgan fingerprint density at radius 3 is 2.51 bits per heavy atom. The summed E-state index contributed by atoms with van der Waals surface area (Å²) in [5.74, 6) is 0.218. The molecule has 1 aliphatic carbocycles. The van der Waals surface area contributed by atoms with Crippen molar-refractivity contribution in [1.29, 1.82) is 0 Å². The molecule has 2 heterocycles. The maximum absolute atomic E-state index is 14.9. The van der Waals surface area contributed by atoms with Gasteiger partial charge in [0.25, 0.3) is 0 Å². The first-order valence-electron chi connectivity index (χ1n) is 11.5. The number of rotatable bonds is 6. The SMILES string of the molecule is CC(C)(C)OC(=O)N1CC[C@H](OCc2c(-c3ccccc3OC(F)(F)F)noc2C2CC2)[C@@H](F)C1. The molecule has 2 fully saturated rings. The number of para-hydroxylation sites is 1. The fourth-order valence-electron chi connectivity index (χ4n) is 3.97. The number of benzene rings is 1. The average molecular weight is 500 g/mol. The van der Waals surface area contributed by atoms with Crippen molar-refractivity contribution >= 4 is 6.09 Å². The van der Waals surface area contributed by atoms with E-state index in [-0.39, 0.29) is 43.3 Å². The second kappa shape index (κ2) is 9.67. The Hall–Kier alpha value is -2.82. The first-order valence-corrected chi connectivity index (χ1v) is 11.5. The van der Waals surface area contributed by atoms with Crippen LogP contribution < -0.4 is 4.74 Å². The van der Waals surface area contributed by atoms with Crippen molar-refractivity contribution in [3.05, 3.63) is 35.6 Å². The number of alkyl halides is 4. The van der Waals surface area contributed by atoms with Crippen LogP contribution in [0.15, 0.2) is 28.8 Å². The number of halogens is 4. The molecule has 2 atom stereocenters. The molecule has 1 saturated heterocycles. The van der Waals surface area contributed by atoms with Crippen LogP contribution in [0.25, 0.3) is 11.3 Å². The zero-order valence-electron chi connectivity index (χ0n) is 19.7. The first-order chi connectivity index (χ1) is 16.4. The molecule has 1 aromatic heterocycles. The number of ether oxygens (including phenoxy) is 3. The van der Waals surface area contributed by atoms with E-state index in [1.54, 1.807) is 26.8 Å². The fourth-order valence-corrected chi connectivity index (χ4v) is 3.97. The van der Waals surface area contributed by atoms with Crippen LogP contribution in [0.5, 0.6) is 5.75 Å². The van der Waals surface area contributed by atoms with E-state index in [0.717, 1.165) is 12.8 Å². The van der Waals surface area contributed by atoms with E-state index in [1.165, 1.54) is 23.1 Å². The minimum absolute atomic E-state index is 0.0947. The van der Waals surface area contributed by atoms with Gasteiger partial charge >= 0.3 is 12.5 Å². The molecule has 0 bridgehead atoms. The minimum atomic E-state index is -4.88. The summed E-state index contributed by atoms with van der Waals surface area (Å²) in [4.78, 5) is 13.6. The standard InChI is InChI=1S/C24H28F4N2O5/c1-23(2,3)34-22(31)30-11-10-19(17(25)12-30)32-13-16-20(29-35-21(16)14-8-9-14)15-6-4-5-7-18(15)33-24(26,27)28/h4-7,14,17,19H,8-13H2,1-3H3/t17-,19-/m0/s1. The highest BCUT2D eigenvalue weighted by Crippen LogP contribution is 2.45. The molecule has 4 rings (SSSR count). The topological polar surface area (TPSA) is 74.0 Å². The molecule has 0 radical (unpaired) electrons. The third kappa shape index (κ3) is 6.45. The highest BCUT2D eigenvalue weighted by atomic mass is 19.4. The van der Waals surface area contributed by atoms with Crippen molar-refractivity contribution in [3.63, 3.8) is 0 Å². The fraction of sp³-hybridized carbons (Fsp3) is 0.583. The lowest BCUT2D eigenvalue weighted by molar-refractivity contribution is -0.274. The number of carbonyl (C=O) groups is 1. The molecule has 2 aliphatic rings. The summed E-state index contributed by atoms with van der Waals surface area (Å²) < 4.78 is 74.5. The van der Waals surface area contributed by atoms with Crippen molar-refractivity contribution < 1.29 is 41.1 Å². The summed E-state index contributed by atoms with van der Waals surface area (Å²) in [7, 11) is 0. The highest BCUT2D eigenvalue weighted by Gasteiger charge is 2.38. The van der Waals surface area contributed by atoms with E-state index in [9.17, 15) is 22.4 Å². The van der Waals surface area contributed by atoms with Crippen molar-refractivity contribution in [2.45, 2.75) is 76.8 Å². The van der Waals surface area contributed by atoms with E-state index in [2.05, 4.69) is 9.89 Å². The maximum atomic E-state index is 14.9. The molecule has 1 aliphatic heterocycles. The number of aromatic nitrogens is 1. The summed E-state index contributed by atoms with van der Waals surface area (Å²) in [6.45, 7) is 5.20. The van der Waals surface area contributed by atoms with Gasteiger partial charge in [0.2, 0.25) is 0 Å². The molecule has 0 N–H and O–H groups in total. The number of amides is 1. The molecule has 11 heteroatoms. The van der Waals surface area contributed by atoms with Crippen LogP contribution in [-0.4, -0.2) is 53.5 Å². The van der Waals surface area contributed by atoms with Gasteiger partial charge in [-0.1, -0.05) is 17.3 Å². The summed E-state index contributed by atoms with van der Waals surface area (Å²) in [6, 6.07) is 5.65. The molecule has 192 valence electrons. The first kappa shape index (κ1) is 25.3. The van der Waals surface area contributed by atoms with Gasteiger partial charge in [-0.15, -0.1) is 13.2 Å². The lowest BCUT2D eigenvalue weighted by Crippen LogP contribution is -2.49. The van der Waals surface area contributed by atoms with Gasteiger partial charge in [-0.05, 0) is 52.2 Å². The molecular weight excluding hydrogens is 472 g/mol. The predicted octanol–water partition coefficient (Wildman–Crippen LogP) is 5.98. The van der Waals surface area contributed by atoms with Gasteiger partial charge in [0.15, 0.2) is 0 Å². The van der Waals surface area contributed by atoms with Crippen molar-refractivity contribution in [2.75, 3.05) is 13.1 Å². The third-order valence-electron chi connectivity index (χ3n) is 5.71. The second-order valence-corrected chi connectivity index (χ2v) is 9.77. The normalized spacial score (nSPS) is 21.2. The minimum Gasteiger partial charge on any atom is -0.444 e. The van der Waals surface area contributed by atoms with Gasteiger partial charge in [0.05, 0.1) is 19.3 Å². The van der Waals surface area contributed by atoms with E-state index in [4.69, 9.17) is 14.0 Å². The number of carbonyl (C=O) groups excluding carboxylic acids is 1. The summed E-state index contributed by atoms with van der Waals surface area (Å²) in [6.07, 6.45) is -5.75. The van der Waals surface area contributed by atoms with Crippen molar-refractivity contribution in [2.24, 2.45) is 0 Å². The predicted molar refractivity (Wildman–Crippen MR) is 116 cm³/mol.